The largest absolute Gasteiger partial charge is 0.393 e. The van der Waals surface area contributed by atoms with Gasteiger partial charge in [0, 0.05) is 38.5 Å². The molecule has 9 heteroatoms. The number of nitrogens with one attached hydrogen (secondary N) is 1. The number of hydrogen-bond donors (Lipinski definition) is 2. The van der Waals surface area contributed by atoms with Gasteiger partial charge in [-0.3, -0.25) is 19.3 Å². The maximum absolute atomic E-state index is 14.4. The van der Waals surface area contributed by atoms with Crippen molar-refractivity contribution in [2.45, 2.75) is 125 Å². The molecule has 0 unspecified atom stereocenters. The zero-order chi connectivity index (χ0) is 38.2. The van der Waals surface area contributed by atoms with Gasteiger partial charge in [0.15, 0.2) is 0 Å². The van der Waals surface area contributed by atoms with Crippen molar-refractivity contribution >= 4 is 17.7 Å². The molecule has 9 nitrogen and oxygen atoms in total. The Morgan fingerprint density at radius 2 is 1.43 bits per heavy atom. The minimum Gasteiger partial charge on any atom is -0.393 e. The zero-order valence-corrected chi connectivity index (χ0v) is 33.8. The van der Waals surface area contributed by atoms with Crippen LogP contribution in [0.25, 0.3) is 0 Å². The van der Waals surface area contributed by atoms with Gasteiger partial charge < -0.3 is 24.6 Å². The van der Waals surface area contributed by atoms with E-state index in [1.165, 1.54) is 48.3 Å². The van der Waals surface area contributed by atoms with E-state index < -0.39 is 0 Å². The molecule has 53 heavy (non-hydrogen) atoms. The summed E-state index contributed by atoms with van der Waals surface area (Å²) >= 11 is 0. The Labute approximate surface area is 319 Å². The summed E-state index contributed by atoms with van der Waals surface area (Å²) in [5, 5.41) is 14.5. The molecule has 5 aliphatic carbocycles. The van der Waals surface area contributed by atoms with Crippen LogP contribution in [0.15, 0.2) is 24.3 Å². The predicted octanol–water partition coefficient (Wildman–Crippen LogP) is 6.88. The Hall–Kier alpha value is -2.07. The number of imide groups is 1. The third-order valence-electron chi connectivity index (χ3n) is 16.6. The van der Waals surface area contributed by atoms with Crippen molar-refractivity contribution in [1.82, 2.24) is 10.2 Å². The van der Waals surface area contributed by atoms with Crippen molar-refractivity contribution in [2.75, 3.05) is 52.7 Å². The Morgan fingerprint density at radius 3 is 2.09 bits per heavy atom. The summed E-state index contributed by atoms with van der Waals surface area (Å²) in [6.07, 6.45) is 14.8. The molecule has 0 spiro atoms. The number of carbonyl (C=O) groups is 3. The molecule has 5 fully saturated rings. The summed E-state index contributed by atoms with van der Waals surface area (Å²) in [6.45, 7) is 23.1. The average Bonchev–Trinajstić information content (AvgIpc) is 3.67. The second-order valence-corrected chi connectivity index (χ2v) is 19.2. The first-order valence-corrected chi connectivity index (χ1v) is 21.0. The van der Waals surface area contributed by atoms with Crippen LogP contribution >= 0.6 is 0 Å². The van der Waals surface area contributed by atoms with E-state index in [0.29, 0.717) is 88.7 Å². The highest BCUT2D eigenvalue weighted by Crippen LogP contribution is 2.77. The molecule has 0 radical (unpaired) electrons. The number of aliphatic hydroxyl groups is 1. The van der Waals surface area contributed by atoms with E-state index in [1.54, 1.807) is 0 Å². The van der Waals surface area contributed by atoms with Gasteiger partial charge in [0.25, 0.3) is 11.8 Å². The first-order valence-electron chi connectivity index (χ1n) is 21.0. The lowest BCUT2D eigenvalue weighted by Crippen LogP contribution is -2.67. The molecule has 2 N–H and O–H groups in total. The van der Waals surface area contributed by atoms with E-state index in [9.17, 15) is 19.5 Å². The van der Waals surface area contributed by atoms with Crippen LogP contribution in [-0.4, -0.2) is 86.6 Å². The van der Waals surface area contributed by atoms with Crippen LogP contribution in [0, 0.1) is 56.7 Å². The number of amides is 3. The third kappa shape index (κ3) is 7.12. The summed E-state index contributed by atoms with van der Waals surface area (Å²) < 4.78 is 17.0. The van der Waals surface area contributed by atoms with Gasteiger partial charge in [0.05, 0.1) is 37.9 Å². The number of carbonyl (C=O) groups excluding carboxylic acids is 3. The standard InChI is InChI=1S/C44H70N2O7/c1-30(2)31-14-19-44(39(50)45-22-8-24-51-26-28-53-29-27-52-25-9-23-46-36(48)12-13-37(46)49)21-20-42(6)32(38(31)44)10-11-34-41(5)17-16-35(47)40(3,4)33(41)15-18-43(34,42)7/h12-13,31-35,38,47H,1,8-11,14-29H2,2-7H3,(H,45,50)/t31-,32+,33-,34+,35-,38+,41-,42+,43+,44-/m0/s1. The van der Waals surface area contributed by atoms with Crippen LogP contribution in [0.1, 0.15) is 119 Å². The van der Waals surface area contributed by atoms with Crippen LogP contribution in [0.3, 0.4) is 0 Å². The van der Waals surface area contributed by atoms with Crippen LogP contribution < -0.4 is 5.32 Å². The van der Waals surface area contributed by atoms with Crippen LogP contribution in [0.2, 0.25) is 0 Å². The first kappa shape index (κ1) is 40.6. The highest BCUT2D eigenvalue weighted by molar-refractivity contribution is 6.12. The Morgan fingerprint density at radius 1 is 0.792 bits per heavy atom. The van der Waals surface area contributed by atoms with Crippen molar-refractivity contribution in [2.24, 2.45) is 56.7 Å². The number of fused-ring (bicyclic) bond motifs is 7. The van der Waals surface area contributed by atoms with E-state index in [-0.39, 0.29) is 50.9 Å². The monoisotopic (exact) mass is 739 g/mol. The minimum atomic E-state index is -0.313. The van der Waals surface area contributed by atoms with Crippen molar-refractivity contribution < 1.29 is 33.7 Å². The van der Waals surface area contributed by atoms with Gasteiger partial charge in [-0.15, -0.1) is 0 Å². The minimum absolute atomic E-state index is 0.0427. The highest BCUT2D eigenvalue weighted by Gasteiger charge is 2.71. The molecule has 0 saturated heterocycles. The molecule has 10 atom stereocenters. The molecule has 0 aromatic heterocycles. The molecule has 0 aromatic carbocycles. The fourth-order valence-corrected chi connectivity index (χ4v) is 13.6. The molecule has 298 valence electrons. The van der Waals surface area contributed by atoms with Gasteiger partial charge in [-0.2, -0.15) is 0 Å². The number of nitrogens with zero attached hydrogens (tertiary/aromatic N) is 1. The maximum atomic E-state index is 14.4. The molecule has 5 saturated carbocycles. The predicted molar refractivity (Wildman–Crippen MR) is 206 cm³/mol. The fraction of sp³-hybridized carbons (Fsp3) is 0.841. The molecule has 1 aliphatic heterocycles. The summed E-state index contributed by atoms with van der Waals surface area (Å²) in [6, 6.07) is 0. The topological polar surface area (TPSA) is 114 Å². The van der Waals surface area contributed by atoms with Crippen LogP contribution in [0.5, 0.6) is 0 Å². The van der Waals surface area contributed by atoms with E-state index >= 15 is 0 Å². The van der Waals surface area contributed by atoms with Crippen molar-refractivity contribution in [1.29, 1.82) is 0 Å². The fourth-order valence-electron chi connectivity index (χ4n) is 13.6. The summed E-state index contributed by atoms with van der Waals surface area (Å²) in [7, 11) is 0. The van der Waals surface area contributed by atoms with E-state index in [4.69, 9.17) is 14.2 Å². The molecule has 6 rings (SSSR count). The van der Waals surface area contributed by atoms with Gasteiger partial charge in [-0.25, -0.2) is 0 Å². The van der Waals surface area contributed by atoms with Crippen molar-refractivity contribution in [3.63, 3.8) is 0 Å². The Balaban J connectivity index is 0.958. The lowest BCUT2D eigenvalue weighted by atomic mass is 9.32. The number of allylic oxidation sites excluding steroid dienone is 1. The smallest absolute Gasteiger partial charge is 0.253 e. The third-order valence-corrected chi connectivity index (χ3v) is 16.6. The van der Waals surface area contributed by atoms with E-state index in [1.807, 2.05) is 0 Å². The maximum Gasteiger partial charge on any atom is 0.253 e. The van der Waals surface area contributed by atoms with Crippen LogP contribution in [-0.2, 0) is 28.6 Å². The van der Waals surface area contributed by atoms with Gasteiger partial charge in [0.2, 0.25) is 5.91 Å². The van der Waals surface area contributed by atoms with Crippen molar-refractivity contribution in [3.8, 4) is 0 Å². The van der Waals surface area contributed by atoms with Crippen molar-refractivity contribution in [3.05, 3.63) is 24.3 Å². The molecule has 0 aromatic rings. The van der Waals surface area contributed by atoms with Crippen LogP contribution in [0.4, 0.5) is 0 Å². The lowest BCUT2D eigenvalue weighted by molar-refractivity contribution is -0.246. The van der Waals surface area contributed by atoms with Gasteiger partial charge in [0.1, 0.15) is 0 Å². The van der Waals surface area contributed by atoms with E-state index in [0.717, 1.165) is 44.9 Å². The summed E-state index contributed by atoms with van der Waals surface area (Å²) in [5.74, 6) is 2.22. The highest BCUT2D eigenvalue weighted by atomic mass is 16.5. The molecule has 3 amide bonds. The summed E-state index contributed by atoms with van der Waals surface area (Å²) in [4.78, 5) is 38.7. The lowest BCUT2D eigenvalue weighted by Gasteiger charge is -2.72. The van der Waals surface area contributed by atoms with Gasteiger partial charge >= 0.3 is 0 Å². The number of aliphatic hydroxyl groups excluding tert-OH is 1. The van der Waals surface area contributed by atoms with Gasteiger partial charge in [-0.1, -0.05) is 46.8 Å². The zero-order valence-electron chi connectivity index (χ0n) is 33.8. The Kier molecular flexibility index (Phi) is 12.1. The molecule has 6 aliphatic rings. The SMILES string of the molecule is C=C(C)[C@@H]1CC[C@]2(C(=O)NCCCOCCOCCOCCCN3C(=O)C=CC3=O)CC[C@]3(C)[C@H](CC[C@@H]4[C@@]5(C)CC[C@H](O)C(C)(C)[C@@H]5CC[C@]43C)[C@@H]12. The number of rotatable bonds is 16. The normalized spacial score (nSPS) is 40.0. The Bertz CT molecular complexity index is 1390. The van der Waals surface area contributed by atoms with E-state index in [2.05, 4.69) is 53.4 Å². The van der Waals surface area contributed by atoms with Gasteiger partial charge in [-0.05, 0) is 135 Å². The molecule has 0 bridgehead atoms. The quantitative estimate of drug-likeness (QED) is 0.101. The summed E-state index contributed by atoms with van der Waals surface area (Å²) in [5.41, 5.74) is 1.57. The second-order valence-electron chi connectivity index (χ2n) is 19.2. The first-order chi connectivity index (χ1) is 25.1. The molecular weight excluding hydrogens is 668 g/mol. The molecule has 1 heterocycles. The average molecular weight is 739 g/mol. The second kappa shape index (κ2) is 15.8. The number of ether oxygens (including phenoxy) is 3. The number of hydrogen-bond acceptors (Lipinski definition) is 7. The molecular formula is C44H70N2O7.